The highest BCUT2D eigenvalue weighted by Gasteiger charge is 2.18. The average Bonchev–Trinajstić information content (AvgIpc) is 2.12. The van der Waals surface area contributed by atoms with Crippen LogP contribution in [-0.2, 0) is 19.2 Å². The molecule has 100 valence electrons. The van der Waals surface area contributed by atoms with Gasteiger partial charge in [0.05, 0.1) is 25.7 Å². The lowest BCUT2D eigenvalue weighted by atomic mass is 9.96. The zero-order valence-electron chi connectivity index (χ0n) is 9.25. The van der Waals surface area contributed by atoms with Crippen molar-refractivity contribution in [3.8, 4) is 0 Å². The van der Waals surface area contributed by atoms with Crippen molar-refractivity contribution >= 4 is 23.9 Å². The zero-order valence-corrected chi connectivity index (χ0v) is 9.25. The minimum atomic E-state index is -1.35. The molecule has 8 heteroatoms. The fourth-order valence-corrected chi connectivity index (χ4v) is 1.36. The normalized spacial score (nSPS) is 9.56. The molecule has 0 spiro atoms. The van der Waals surface area contributed by atoms with E-state index in [0.29, 0.717) is 0 Å². The van der Waals surface area contributed by atoms with E-state index in [0.717, 1.165) is 0 Å². The molecular weight excluding hydrogens is 248 g/mol. The molecule has 4 N–H and O–H groups in total. The van der Waals surface area contributed by atoms with Crippen LogP contribution in [0, 0.1) is 0 Å². The summed E-state index contributed by atoms with van der Waals surface area (Å²) in [6.45, 7) is 0. The molecule has 0 saturated heterocycles. The number of carbonyl (C=O) groups is 4. The highest BCUT2D eigenvalue weighted by molar-refractivity contribution is 5.80. The molecule has 0 saturated carbocycles. The smallest absolute Gasteiger partial charge is 0.307 e. The molecule has 0 aromatic heterocycles. The van der Waals surface area contributed by atoms with E-state index >= 15 is 0 Å². The minimum absolute atomic E-state index is 0.195. The lowest BCUT2D eigenvalue weighted by Crippen LogP contribution is -2.11. The largest absolute Gasteiger partial charge is 0.481 e. The van der Waals surface area contributed by atoms with Crippen molar-refractivity contribution in [2.75, 3.05) is 0 Å². The quantitative estimate of drug-likeness (QED) is 0.451. The van der Waals surface area contributed by atoms with E-state index in [1.165, 1.54) is 0 Å². The first-order chi connectivity index (χ1) is 8.22. The van der Waals surface area contributed by atoms with Crippen LogP contribution < -0.4 is 0 Å². The maximum Gasteiger partial charge on any atom is 0.307 e. The Labute approximate surface area is 101 Å². The average molecular weight is 260 g/mol. The van der Waals surface area contributed by atoms with Gasteiger partial charge in [0.15, 0.2) is 0 Å². The number of rotatable bonds is 8. The van der Waals surface area contributed by atoms with E-state index in [4.69, 9.17) is 20.4 Å². The molecule has 0 aromatic carbocycles. The number of hydrogen-bond donors (Lipinski definition) is 4. The Bertz CT molecular complexity index is 332. The fourth-order valence-electron chi connectivity index (χ4n) is 1.36. The number of hydrogen-bond acceptors (Lipinski definition) is 4. The van der Waals surface area contributed by atoms with Crippen molar-refractivity contribution in [1.82, 2.24) is 0 Å². The van der Waals surface area contributed by atoms with Crippen molar-refractivity contribution in [2.24, 2.45) is 0 Å². The van der Waals surface area contributed by atoms with E-state index in [2.05, 4.69) is 0 Å². The first-order valence-corrected chi connectivity index (χ1v) is 4.79. The molecule has 0 rings (SSSR count). The van der Waals surface area contributed by atoms with Gasteiger partial charge in [-0.1, -0.05) is 0 Å². The fraction of sp³-hybridized carbons (Fsp3) is 0.400. The van der Waals surface area contributed by atoms with Crippen molar-refractivity contribution in [2.45, 2.75) is 25.7 Å². The summed E-state index contributed by atoms with van der Waals surface area (Å²) in [5.41, 5.74) is -0.389. The number of carboxylic acid groups (broad SMARTS) is 4. The molecule has 0 fully saturated rings. The Morgan fingerprint density at radius 2 is 0.667 bits per heavy atom. The molecule has 0 aromatic rings. The molecular formula is C10H12O8. The van der Waals surface area contributed by atoms with Crippen LogP contribution in [0.5, 0.6) is 0 Å². The highest BCUT2D eigenvalue weighted by atomic mass is 16.4. The van der Waals surface area contributed by atoms with Gasteiger partial charge < -0.3 is 20.4 Å². The van der Waals surface area contributed by atoms with Gasteiger partial charge in [0.1, 0.15) is 0 Å². The first kappa shape index (κ1) is 15.6. The Kier molecular flexibility index (Phi) is 6.11. The lowest BCUT2D eigenvalue weighted by Gasteiger charge is -2.09. The second-order valence-electron chi connectivity index (χ2n) is 3.49. The topological polar surface area (TPSA) is 149 Å². The summed E-state index contributed by atoms with van der Waals surface area (Å²) < 4.78 is 0. The van der Waals surface area contributed by atoms with Gasteiger partial charge >= 0.3 is 23.9 Å². The van der Waals surface area contributed by atoms with Crippen molar-refractivity contribution in [3.05, 3.63) is 11.1 Å². The first-order valence-electron chi connectivity index (χ1n) is 4.79. The van der Waals surface area contributed by atoms with Gasteiger partial charge in [-0.2, -0.15) is 0 Å². The van der Waals surface area contributed by atoms with Gasteiger partial charge in [-0.15, -0.1) is 0 Å². The van der Waals surface area contributed by atoms with Crippen LogP contribution in [0.3, 0.4) is 0 Å². The van der Waals surface area contributed by atoms with Crippen LogP contribution in [-0.4, -0.2) is 44.3 Å². The predicted octanol–water partition coefficient (Wildman–Crippen LogP) is 0.182. The number of carboxylic acids is 4. The minimum Gasteiger partial charge on any atom is -0.481 e. The molecule has 0 heterocycles. The van der Waals surface area contributed by atoms with Gasteiger partial charge in [-0.25, -0.2) is 0 Å². The van der Waals surface area contributed by atoms with Gasteiger partial charge in [0.2, 0.25) is 0 Å². The summed E-state index contributed by atoms with van der Waals surface area (Å²) in [7, 11) is 0. The van der Waals surface area contributed by atoms with Gasteiger partial charge in [0, 0.05) is 0 Å². The predicted molar refractivity (Wildman–Crippen MR) is 56.0 cm³/mol. The third kappa shape index (κ3) is 6.99. The maximum atomic E-state index is 10.5. The molecule has 0 amide bonds. The maximum absolute atomic E-state index is 10.5. The summed E-state index contributed by atoms with van der Waals surface area (Å²) in [6.07, 6.45) is -2.77. The third-order valence-electron chi connectivity index (χ3n) is 1.96. The van der Waals surface area contributed by atoms with E-state index in [1.54, 1.807) is 0 Å². The van der Waals surface area contributed by atoms with Crippen LogP contribution in [0.1, 0.15) is 25.7 Å². The summed E-state index contributed by atoms with van der Waals surface area (Å²) >= 11 is 0. The molecule has 0 aliphatic rings. The summed E-state index contributed by atoms with van der Waals surface area (Å²) in [4.78, 5) is 42.2. The van der Waals surface area contributed by atoms with E-state index < -0.39 is 49.6 Å². The van der Waals surface area contributed by atoms with Crippen LogP contribution >= 0.6 is 0 Å². The third-order valence-corrected chi connectivity index (χ3v) is 1.96. The van der Waals surface area contributed by atoms with Crippen LogP contribution in [0.15, 0.2) is 11.1 Å². The van der Waals surface area contributed by atoms with Crippen LogP contribution in [0.4, 0.5) is 0 Å². The Morgan fingerprint density at radius 3 is 0.778 bits per heavy atom. The Morgan fingerprint density at radius 1 is 0.500 bits per heavy atom. The molecule has 8 nitrogen and oxygen atoms in total. The summed E-state index contributed by atoms with van der Waals surface area (Å²) in [6, 6.07) is 0. The summed E-state index contributed by atoms with van der Waals surface area (Å²) in [5.74, 6) is -5.39. The SMILES string of the molecule is O=C(O)CC(CC(=O)O)=C(CC(=O)O)CC(=O)O. The van der Waals surface area contributed by atoms with Gasteiger partial charge in [-0.05, 0) is 11.1 Å². The molecule has 0 aliphatic carbocycles. The molecule has 18 heavy (non-hydrogen) atoms. The van der Waals surface area contributed by atoms with E-state index in [1.807, 2.05) is 0 Å². The lowest BCUT2D eigenvalue weighted by molar-refractivity contribution is -0.139. The standard InChI is InChI=1S/C10H12O8/c11-7(12)1-5(2-8(13)14)6(3-9(15)16)4-10(17)18/h1-4H2,(H,11,12)(H,13,14)(H,15,16)(H,17,18). The molecule has 0 aliphatic heterocycles. The van der Waals surface area contributed by atoms with Crippen molar-refractivity contribution in [1.29, 1.82) is 0 Å². The second-order valence-corrected chi connectivity index (χ2v) is 3.49. The molecule has 0 bridgehead atoms. The molecule has 0 unspecified atom stereocenters. The Hall–Kier alpha value is -2.38. The number of aliphatic carboxylic acids is 4. The van der Waals surface area contributed by atoms with Crippen molar-refractivity contribution < 1.29 is 39.6 Å². The van der Waals surface area contributed by atoms with Crippen molar-refractivity contribution in [3.63, 3.8) is 0 Å². The monoisotopic (exact) mass is 260 g/mol. The second kappa shape index (κ2) is 7.05. The van der Waals surface area contributed by atoms with Gasteiger partial charge in [0.25, 0.3) is 0 Å². The molecule has 0 radical (unpaired) electrons. The van der Waals surface area contributed by atoms with Crippen LogP contribution in [0.25, 0.3) is 0 Å². The zero-order chi connectivity index (χ0) is 14.3. The summed E-state index contributed by atoms with van der Waals surface area (Å²) in [5, 5.41) is 34.4. The highest BCUT2D eigenvalue weighted by Crippen LogP contribution is 2.20. The van der Waals surface area contributed by atoms with Crippen LogP contribution in [0.2, 0.25) is 0 Å². The Balaban J connectivity index is 5.33. The van der Waals surface area contributed by atoms with E-state index in [9.17, 15) is 19.2 Å². The van der Waals surface area contributed by atoms with E-state index in [-0.39, 0.29) is 11.1 Å². The van der Waals surface area contributed by atoms with Gasteiger partial charge in [-0.3, -0.25) is 19.2 Å². The molecule has 0 atom stereocenters.